The monoisotopic (exact) mass is 118 g/mol. The van der Waals surface area contributed by atoms with Gasteiger partial charge in [-0.05, 0) is 0 Å². The third-order valence-electron chi connectivity index (χ3n) is 2.42. The summed E-state index contributed by atoms with van der Waals surface area (Å²) >= 11 is 2.30. The minimum absolute atomic E-state index is 1.10. The van der Waals surface area contributed by atoms with E-state index in [4.69, 9.17) is 0 Å². The second-order valence-corrected chi connectivity index (χ2v) is 3.29. The molecule has 0 aromatic rings. The molecule has 1 fully saturated rings. The molecular weight excluding hydrogens is 103 g/mol. The van der Waals surface area contributed by atoms with Gasteiger partial charge in [0, 0.05) is 0 Å². The second-order valence-electron chi connectivity index (χ2n) is 3.29. The van der Waals surface area contributed by atoms with Crippen molar-refractivity contribution in [1.29, 1.82) is 0 Å². The Morgan fingerprint density at radius 1 is 1.11 bits per heavy atom. The van der Waals surface area contributed by atoms with Crippen molar-refractivity contribution in [2.45, 2.75) is 43.6 Å². The zero-order valence-electron chi connectivity index (χ0n) is 6.53. The first-order chi connectivity index (χ1) is 4.43. The van der Waals surface area contributed by atoms with E-state index in [1.807, 2.05) is 0 Å². The van der Waals surface area contributed by atoms with Crippen LogP contribution in [-0.4, -0.2) is 17.7 Å². The van der Waals surface area contributed by atoms with Crippen molar-refractivity contribution >= 4 is 17.7 Å². The van der Waals surface area contributed by atoms with Crippen molar-refractivity contribution in [3.8, 4) is 0 Å². The summed E-state index contributed by atoms with van der Waals surface area (Å²) in [6, 6.07) is 0. The average molecular weight is 118 g/mol. The maximum absolute atomic E-state index is 2.30. The Morgan fingerprint density at radius 3 is 2.33 bits per heavy atom. The molecule has 1 aliphatic carbocycles. The molecule has 0 unspecified atom stereocenters. The quantitative estimate of drug-likeness (QED) is 0.489. The molecule has 48 valence electrons. The van der Waals surface area contributed by atoms with Gasteiger partial charge in [0.25, 0.3) is 0 Å². The van der Waals surface area contributed by atoms with Crippen LogP contribution < -0.4 is 0 Å². The van der Waals surface area contributed by atoms with Crippen LogP contribution in [0.2, 0.25) is 5.09 Å². The Hall–Kier alpha value is 0.597. The predicted molar refractivity (Wildman–Crippen MR) is 41.8 cm³/mol. The van der Waals surface area contributed by atoms with E-state index in [0.29, 0.717) is 0 Å². The van der Waals surface area contributed by atoms with Crippen LogP contribution in [-0.2, 0) is 0 Å². The van der Waals surface area contributed by atoms with E-state index in [0.717, 1.165) is 5.92 Å². The molecule has 1 heteroatoms. The minimum atomic E-state index is 1.10. The number of rotatable bonds is 2. The average Bonchev–Trinajstić information content (AvgIpc) is 1.91. The van der Waals surface area contributed by atoms with Gasteiger partial charge in [-0.15, -0.1) is 0 Å². The summed E-state index contributed by atoms with van der Waals surface area (Å²) in [6.45, 7) is 0. The van der Waals surface area contributed by atoms with E-state index in [2.05, 4.69) is 17.7 Å². The first-order valence-corrected chi connectivity index (χ1v) is 4.43. The van der Waals surface area contributed by atoms with Gasteiger partial charge in [0.2, 0.25) is 0 Å². The SMILES string of the molecule is [Li][CH2]CC1CCCCC1. The standard InChI is InChI=1S/C8H15.Li/c1-2-8-6-4-3-5-7-8;/h8H,1-7H2;. The van der Waals surface area contributed by atoms with E-state index in [1.54, 1.807) is 0 Å². The fourth-order valence-electron chi connectivity index (χ4n) is 1.88. The van der Waals surface area contributed by atoms with E-state index >= 15 is 0 Å². The maximum atomic E-state index is 2.30. The van der Waals surface area contributed by atoms with E-state index in [-0.39, 0.29) is 0 Å². The Labute approximate surface area is 67.6 Å². The summed E-state index contributed by atoms with van der Waals surface area (Å²) in [6.07, 6.45) is 9.04. The summed E-state index contributed by atoms with van der Waals surface area (Å²) < 4.78 is 0. The predicted octanol–water partition coefficient (Wildman–Crippen LogP) is 2.54. The molecule has 0 N–H and O–H groups in total. The van der Waals surface area contributed by atoms with Gasteiger partial charge in [0.05, 0.1) is 0 Å². The van der Waals surface area contributed by atoms with Crippen molar-refractivity contribution in [1.82, 2.24) is 0 Å². The molecule has 1 rings (SSSR count). The molecule has 1 aliphatic rings. The zero-order chi connectivity index (χ0) is 6.53. The van der Waals surface area contributed by atoms with Crippen LogP contribution in [0.1, 0.15) is 38.5 Å². The molecule has 0 bridgehead atoms. The molecule has 0 atom stereocenters. The second kappa shape index (κ2) is 4.42. The van der Waals surface area contributed by atoms with Crippen LogP contribution in [0.5, 0.6) is 0 Å². The summed E-state index contributed by atoms with van der Waals surface area (Å²) in [5.41, 5.74) is 0. The third-order valence-corrected chi connectivity index (χ3v) is 2.42. The van der Waals surface area contributed by atoms with Gasteiger partial charge in [-0.3, -0.25) is 0 Å². The summed E-state index contributed by atoms with van der Waals surface area (Å²) in [4.78, 5) is 0. The molecule has 0 saturated heterocycles. The fraction of sp³-hybridized carbons (Fsp3) is 1.00. The summed E-state index contributed by atoms with van der Waals surface area (Å²) in [5, 5.41) is 1.39. The van der Waals surface area contributed by atoms with Crippen LogP contribution >= 0.6 is 0 Å². The molecule has 0 nitrogen and oxygen atoms in total. The molecular formula is C8H15Li. The Morgan fingerprint density at radius 2 is 1.78 bits per heavy atom. The van der Waals surface area contributed by atoms with Crippen LogP contribution in [0.25, 0.3) is 0 Å². The van der Waals surface area contributed by atoms with E-state index in [1.165, 1.54) is 43.6 Å². The van der Waals surface area contributed by atoms with Gasteiger partial charge in [0.15, 0.2) is 0 Å². The summed E-state index contributed by atoms with van der Waals surface area (Å²) in [7, 11) is 0. The molecule has 0 aromatic carbocycles. The van der Waals surface area contributed by atoms with Crippen molar-refractivity contribution in [2.75, 3.05) is 0 Å². The van der Waals surface area contributed by atoms with Crippen LogP contribution in [0.3, 0.4) is 0 Å². The van der Waals surface area contributed by atoms with Gasteiger partial charge in [-0.25, -0.2) is 0 Å². The molecule has 0 heterocycles. The molecule has 0 spiro atoms. The van der Waals surface area contributed by atoms with Gasteiger partial charge >= 0.3 is 67.3 Å². The van der Waals surface area contributed by atoms with Crippen molar-refractivity contribution in [3.63, 3.8) is 0 Å². The molecule has 1 saturated carbocycles. The third kappa shape index (κ3) is 2.78. The Bertz CT molecular complexity index is 62.2. The van der Waals surface area contributed by atoms with Crippen LogP contribution in [0.4, 0.5) is 0 Å². The van der Waals surface area contributed by atoms with Gasteiger partial charge in [-0.2, -0.15) is 0 Å². The van der Waals surface area contributed by atoms with Crippen LogP contribution in [0, 0.1) is 5.92 Å². The topological polar surface area (TPSA) is 0 Å². The molecule has 0 aromatic heterocycles. The zero-order valence-corrected chi connectivity index (χ0v) is 6.53. The van der Waals surface area contributed by atoms with Crippen molar-refractivity contribution in [3.05, 3.63) is 0 Å². The molecule has 0 radical (unpaired) electrons. The number of hydrogen-bond acceptors (Lipinski definition) is 0. The Kier molecular flexibility index (Phi) is 3.78. The first-order valence-electron chi connectivity index (χ1n) is 4.43. The van der Waals surface area contributed by atoms with Crippen molar-refractivity contribution in [2.24, 2.45) is 5.92 Å². The molecule has 0 amide bonds. The number of hydrogen-bond donors (Lipinski definition) is 0. The van der Waals surface area contributed by atoms with Gasteiger partial charge in [-0.1, -0.05) is 0 Å². The molecule has 9 heavy (non-hydrogen) atoms. The van der Waals surface area contributed by atoms with Gasteiger partial charge in [0.1, 0.15) is 0 Å². The fourth-order valence-corrected chi connectivity index (χ4v) is 1.88. The Balaban J connectivity index is 2.08. The van der Waals surface area contributed by atoms with Crippen LogP contribution in [0.15, 0.2) is 0 Å². The molecule has 0 aliphatic heterocycles. The first kappa shape index (κ1) is 7.70. The van der Waals surface area contributed by atoms with Gasteiger partial charge < -0.3 is 0 Å². The van der Waals surface area contributed by atoms with E-state index < -0.39 is 0 Å². The van der Waals surface area contributed by atoms with E-state index in [9.17, 15) is 0 Å². The normalized spacial score (nSPS) is 22.4. The van der Waals surface area contributed by atoms with Crippen molar-refractivity contribution < 1.29 is 0 Å². The summed E-state index contributed by atoms with van der Waals surface area (Å²) in [5.74, 6) is 1.10.